The van der Waals surface area contributed by atoms with Crippen molar-refractivity contribution >= 4 is 46.5 Å². The number of hydrogen-bond acceptors (Lipinski definition) is 6. The summed E-state index contributed by atoms with van der Waals surface area (Å²) in [6.07, 6.45) is 2.87. The zero-order chi connectivity index (χ0) is 24.5. The Bertz CT molecular complexity index is 1290. The van der Waals surface area contributed by atoms with Crippen LogP contribution >= 0.6 is 23.1 Å². The van der Waals surface area contributed by atoms with E-state index in [4.69, 9.17) is 4.74 Å². The molecule has 2 atom stereocenters. The van der Waals surface area contributed by atoms with Gasteiger partial charge in [0, 0.05) is 22.4 Å². The molecule has 9 heteroatoms. The number of thiophene rings is 1. The lowest BCUT2D eigenvalue weighted by Gasteiger charge is -2.37. The van der Waals surface area contributed by atoms with Crippen LogP contribution in [0.3, 0.4) is 0 Å². The molecule has 5 rings (SSSR count). The van der Waals surface area contributed by atoms with E-state index in [2.05, 4.69) is 10.6 Å². The lowest BCUT2D eigenvalue weighted by atomic mass is 9.95. The van der Waals surface area contributed by atoms with E-state index in [0.717, 1.165) is 15.3 Å². The van der Waals surface area contributed by atoms with E-state index in [1.165, 1.54) is 7.11 Å². The number of anilines is 1. The van der Waals surface area contributed by atoms with E-state index in [9.17, 15) is 14.4 Å². The van der Waals surface area contributed by atoms with E-state index < -0.39 is 6.04 Å². The van der Waals surface area contributed by atoms with Crippen LogP contribution in [0.1, 0.15) is 33.6 Å². The van der Waals surface area contributed by atoms with Crippen LogP contribution in [0, 0.1) is 0 Å². The molecular formula is C26H25N3O4S2. The van der Waals surface area contributed by atoms with E-state index in [1.807, 2.05) is 48.0 Å². The van der Waals surface area contributed by atoms with Crippen molar-refractivity contribution in [3.05, 3.63) is 65.0 Å². The zero-order valence-corrected chi connectivity index (χ0v) is 21.0. The molecule has 2 N–H and O–H groups in total. The van der Waals surface area contributed by atoms with Gasteiger partial charge < -0.3 is 20.3 Å². The van der Waals surface area contributed by atoms with Crippen molar-refractivity contribution < 1.29 is 19.1 Å². The molecule has 1 fully saturated rings. The lowest BCUT2D eigenvalue weighted by Crippen LogP contribution is -2.55. The summed E-state index contributed by atoms with van der Waals surface area (Å²) in [5.74, 6) is -0.147. The maximum absolute atomic E-state index is 13.5. The van der Waals surface area contributed by atoms with Crippen molar-refractivity contribution in [2.75, 3.05) is 25.2 Å². The summed E-state index contributed by atoms with van der Waals surface area (Å²) in [5, 5.41) is 7.96. The van der Waals surface area contributed by atoms with Crippen molar-refractivity contribution in [2.24, 2.45) is 0 Å². The Morgan fingerprint density at radius 3 is 2.80 bits per heavy atom. The minimum Gasteiger partial charge on any atom is -0.496 e. The summed E-state index contributed by atoms with van der Waals surface area (Å²) in [4.78, 5) is 43.3. The number of carbonyl (C=O) groups is 3. The SMILES string of the molecule is COc1cc(SC)ccc1C(=O)NC1CCN2C(=O)c3cc(-c4cccs4)ccc3NC(=O)C2C1. The number of benzene rings is 2. The maximum Gasteiger partial charge on any atom is 0.256 e. The first-order chi connectivity index (χ1) is 17.0. The smallest absolute Gasteiger partial charge is 0.256 e. The van der Waals surface area contributed by atoms with Crippen LogP contribution in [-0.4, -0.2) is 54.6 Å². The van der Waals surface area contributed by atoms with Crippen LogP contribution in [0.15, 0.2) is 58.8 Å². The second-order valence-electron chi connectivity index (χ2n) is 8.50. The van der Waals surface area contributed by atoms with E-state index in [0.29, 0.717) is 42.0 Å². The van der Waals surface area contributed by atoms with Gasteiger partial charge in [-0.3, -0.25) is 14.4 Å². The molecule has 0 aliphatic carbocycles. The predicted octanol–water partition coefficient (Wildman–Crippen LogP) is 4.50. The van der Waals surface area contributed by atoms with Crippen molar-refractivity contribution in [3.63, 3.8) is 0 Å². The number of ether oxygens (including phenoxy) is 1. The highest BCUT2D eigenvalue weighted by molar-refractivity contribution is 7.98. The first-order valence-corrected chi connectivity index (χ1v) is 13.4. The Balaban J connectivity index is 1.34. The van der Waals surface area contributed by atoms with Crippen molar-refractivity contribution in [2.45, 2.75) is 29.8 Å². The molecule has 2 aromatic carbocycles. The number of piperidine rings is 1. The molecule has 0 bridgehead atoms. The fraction of sp³-hybridized carbons (Fsp3) is 0.269. The Hall–Kier alpha value is -3.30. The summed E-state index contributed by atoms with van der Waals surface area (Å²) in [6, 6.07) is 14.1. The molecule has 2 aliphatic heterocycles. The third-order valence-electron chi connectivity index (χ3n) is 6.47. The molecule has 0 saturated carbocycles. The minimum absolute atomic E-state index is 0.166. The van der Waals surface area contributed by atoms with E-state index in [-0.39, 0.29) is 23.8 Å². The van der Waals surface area contributed by atoms with Gasteiger partial charge >= 0.3 is 0 Å². The van der Waals surface area contributed by atoms with E-state index in [1.54, 1.807) is 40.1 Å². The van der Waals surface area contributed by atoms with Crippen LogP contribution in [-0.2, 0) is 4.79 Å². The second kappa shape index (κ2) is 9.75. The largest absolute Gasteiger partial charge is 0.496 e. The molecular weight excluding hydrogens is 482 g/mol. The van der Waals surface area contributed by atoms with Crippen molar-refractivity contribution in [1.82, 2.24) is 10.2 Å². The quantitative estimate of drug-likeness (QED) is 0.497. The number of fused-ring (bicyclic) bond motifs is 2. The number of hydrogen-bond donors (Lipinski definition) is 2. The maximum atomic E-state index is 13.5. The second-order valence-corrected chi connectivity index (χ2v) is 10.3. The Kier molecular flexibility index (Phi) is 6.53. The summed E-state index contributed by atoms with van der Waals surface area (Å²) in [6.45, 7) is 0.382. The fourth-order valence-electron chi connectivity index (χ4n) is 4.63. The molecule has 1 aromatic heterocycles. The summed E-state index contributed by atoms with van der Waals surface area (Å²) < 4.78 is 5.41. The Morgan fingerprint density at radius 2 is 2.06 bits per heavy atom. The highest BCUT2D eigenvalue weighted by Gasteiger charge is 2.40. The van der Waals surface area contributed by atoms with Gasteiger partial charge in [-0.1, -0.05) is 12.1 Å². The molecule has 0 radical (unpaired) electrons. The number of methoxy groups -OCH3 is 1. The summed E-state index contributed by atoms with van der Waals surface area (Å²) in [5.41, 5.74) is 2.41. The Morgan fingerprint density at radius 1 is 1.20 bits per heavy atom. The van der Waals surface area contributed by atoms with Gasteiger partial charge in [-0.05, 0) is 66.4 Å². The molecule has 180 valence electrons. The molecule has 3 amide bonds. The van der Waals surface area contributed by atoms with Gasteiger partial charge in [0.25, 0.3) is 11.8 Å². The molecule has 2 unspecified atom stereocenters. The monoisotopic (exact) mass is 507 g/mol. The van der Waals surface area contributed by atoms with Gasteiger partial charge in [0.15, 0.2) is 0 Å². The summed E-state index contributed by atoms with van der Waals surface area (Å²) >= 11 is 3.17. The number of nitrogens with zero attached hydrogens (tertiary/aromatic N) is 1. The third kappa shape index (κ3) is 4.53. The lowest BCUT2D eigenvalue weighted by molar-refractivity contribution is -0.121. The van der Waals surface area contributed by atoms with Crippen LogP contribution in [0.5, 0.6) is 5.75 Å². The zero-order valence-electron chi connectivity index (χ0n) is 19.4. The van der Waals surface area contributed by atoms with Gasteiger partial charge in [-0.15, -0.1) is 23.1 Å². The van der Waals surface area contributed by atoms with Crippen LogP contribution in [0.25, 0.3) is 10.4 Å². The van der Waals surface area contributed by atoms with Crippen LogP contribution in [0.4, 0.5) is 5.69 Å². The van der Waals surface area contributed by atoms with E-state index >= 15 is 0 Å². The van der Waals surface area contributed by atoms with Gasteiger partial charge in [-0.2, -0.15) is 0 Å². The van der Waals surface area contributed by atoms with Crippen LogP contribution < -0.4 is 15.4 Å². The average molecular weight is 508 g/mol. The Labute approximate surface area is 211 Å². The third-order valence-corrected chi connectivity index (χ3v) is 8.11. The van der Waals surface area contributed by atoms with Gasteiger partial charge in [-0.25, -0.2) is 0 Å². The fourth-order valence-corrected chi connectivity index (χ4v) is 5.79. The van der Waals surface area contributed by atoms with Gasteiger partial charge in [0.2, 0.25) is 5.91 Å². The molecule has 35 heavy (non-hydrogen) atoms. The normalized spacial score (nSPS) is 19.3. The van der Waals surface area contributed by atoms with Gasteiger partial charge in [0.1, 0.15) is 11.8 Å². The molecule has 3 heterocycles. The molecule has 7 nitrogen and oxygen atoms in total. The predicted molar refractivity (Wildman–Crippen MR) is 138 cm³/mol. The first kappa shape index (κ1) is 23.4. The average Bonchev–Trinajstić information content (AvgIpc) is 3.40. The van der Waals surface area contributed by atoms with Gasteiger partial charge in [0.05, 0.1) is 23.9 Å². The first-order valence-electron chi connectivity index (χ1n) is 11.3. The topological polar surface area (TPSA) is 87.7 Å². The number of nitrogens with one attached hydrogen (secondary N) is 2. The molecule has 1 saturated heterocycles. The molecule has 2 aliphatic rings. The highest BCUT2D eigenvalue weighted by atomic mass is 32.2. The summed E-state index contributed by atoms with van der Waals surface area (Å²) in [7, 11) is 1.54. The minimum atomic E-state index is -0.653. The standard InChI is InChI=1S/C26H25N3O4S2/c1-33-22-14-17(34-2)6-7-18(22)24(30)27-16-9-10-29-21(13-16)25(31)28-20-8-5-15(12-19(20)26(29)32)23-4-3-11-35-23/h3-8,11-12,14,16,21H,9-10,13H2,1-2H3,(H,27,30)(H,28,31). The highest BCUT2D eigenvalue weighted by Crippen LogP contribution is 2.33. The van der Waals surface area contributed by atoms with Crippen molar-refractivity contribution in [3.8, 4) is 16.2 Å². The number of thioether (sulfide) groups is 1. The molecule has 3 aromatic rings. The number of amides is 3. The van der Waals surface area contributed by atoms with Crippen LogP contribution in [0.2, 0.25) is 0 Å². The molecule has 0 spiro atoms. The van der Waals surface area contributed by atoms with Crippen molar-refractivity contribution in [1.29, 1.82) is 0 Å². The number of carbonyl (C=O) groups excluding carboxylic acids is 3. The number of rotatable bonds is 5.